The fourth-order valence-electron chi connectivity index (χ4n) is 3.28. The number of nitrogens with one attached hydrogen (secondary N) is 1. The number of aryl methyl sites for hydroxylation is 2. The molecule has 1 aromatic carbocycles. The second-order valence-corrected chi connectivity index (χ2v) is 9.78. The van der Waals surface area contributed by atoms with Crippen LogP contribution in [-0.2, 0) is 30.8 Å². The number of benzene rings is 1. The van der Waals surface area contributed by atoms with E-state index in [4.69, 9.17) is 4.74 Å². The lowest BCUT2D eigenvalue weighted by molar-refractivity contribution is -0.148. The number of carbonyl (C=O) groups is 2. The van der Waals surface area contributed by atoms with Crippen LogP contribution in [0.4, 0.5) is 5.13 Å². The first kappa shape index (κ1) is 22.2. The van der Waals surface area contributed by atoms with Gasteiger partial charge in [0.1, 0.15) is 0 Å². The van der Waals surface area contributed by atoms with Crippen LogP contribution < -0.4 is 4.72 Å². The maximum absolute atomic E-state index is 12.5. The molecule has 2 aromatic rings. The van der Waals surface area contributed by atoms with Crippen LogP contribution in [0.15, 0.2) is 34.5 Å². The lowest BCUT2D eigenvalue weighted by atomic mass is 9.97. The van der Waals surface area contributed by atoms with E-state index in [-0.39, 0.29) is 34.2 Å². The Labute approximate surface area is 180 Å². The van der Waals surface area contributed by atoms with Crippen LogP contribution in [0, 0.1) is 12.8 Å². The summed E-state index contributed by atoms with van der Waals surface area (Å²) in [6.07, 6.45) is 1.94. The van der Waals surface area contributed by atoms with Crippen molar-refractivity contribution in [1.29, 1.82) is 0 Å². The van der Waals surface area contributed by atoms with Crippen LogP contribution in [-0.4, -0.2) is 50.4 Å². The summed E-state index contributed by atoms with van der Waals surface area (Å²) in [5.41, 5.74) is 1.64. The van der Waals surface area contributed by atoms with Gasteiger partial charge in [0, 0.05) is 24.9 Å². The topological polar surface area (TPSA) is 106 Å². The number of carbonyl (C=O) groups excluding carboxylic acids is 2. The minimum atomic E-state index is -3.69. The molecule has 1 aliphatic heterocycles. The van der Waals surface area contributed by atoms with Crippen molar-refractivity contribution in [1.82, 2.24) is 9.88 Å². The molecule has 30 heavy (non-hydrogen) atoms. The fraction of sp³-hybridized carbons (Fsp3) is 0.450. The summed E-state index contributed by atoms with van der Waals surface area (Å²) in [5, 5.41) is 2.03. The van der Waals surface area contributed by atoms with Crippen LogP contribution in [0.2, 0.25) is 0 Å². The van der Waals surface area contributed by atoms with E-state index in [9.17, 15) is 18.0 Å². The molecule has 0 saturated carbocycles. The van der Waals surface area contributed by atoms with E-state index in [0.29, 0.717) is 38.0 Å². The Kier molecular flexibility index (Phi) is 7.09. The molecule has 1 aromatic heterocycles. The number of nitrogens with zero attached hydrogens (tertiary/aromatic N) is 2. The third-order valence-corrected chi connectivity index (χ3v) is 7.37. The van der Waals surface area contributed by atoms with Gasteiger partial charge in [-0.3, -0.25) is 14.3 Å². The Morgan fingerprint density at radius 1 is 1.23 bits per heavy atom. The molecule has 0 aliphatic carbocycles. The van der Waals surface area contributed by atoms with Crippen molar-refractivity contribution in [3.05, 3.63) is 40.9 Å². The molecule has 1 saturated heterocycles. The van der Waals surface area contributed by atoms with Crippen molar-refractivity contribution in [2.45, 2.75) is 37.5 Å². The smallest absolute Gasteiger partial charge is 0.308 e. The Morgan fingerprint density at radius 2 is 1.90 bits per heavy atom. The number of hydrogen-bond acceptors (Lipinski definition) is 7. The Morgan fingerprint density at radius 3 is 2.53 bits per heavy atom. The van der Waals surface area contributed by atoms with Gasteiger partial charge in [0.05, 0.1) is 23.6 Å². The number of amides is 1. The zero-order valence-corrected chi connectivity index (χ0v) is 18.6. The number of ether oxygens (including phenoxy) is 1. The van der Waals surface area contributed by atoms with E-state index in [1.807, 2.05) is 6.92 Å². The summed E-state index contributed by atoms with van der Waals surface area (Å²) in [4.78, 5) is 30.3. The Bertz CT molecular complexity index is 994. The van der Waals surface area contributed by atoms with Gasteiger partial charge in [-0.25, -0.2) is 13.4 Å². The number of thiazole rings is 1. The second-order valence-electron chi connectivity index (χ2n) is 7.24. The zero-order valence-electron chi connectivity index (χ0n) is 17.0. The molecule has 0 bridgehead atoms. The molecule has 10 heteroatoms. The molecule has 0 spiro atoms. The highest BCUT2D eigenvalue weighted by atomic mass is 32.2. The lowest BCUT2D eigenvalue weighted by Gasteiger charge is -2.30. The first-order valence-corrected chi connectivity index (χ1v) is 12.0. The molecule has 2 heterocycles. The first-order valence-electron chi connectivity index (χ1n) is 9.68. The van der Waals surface area contributed by atoms with E-state index >= 15 is 0 Å². The van der Waals surface area contributed by atoms with Gasteiger partial charge in [-0.15, -0.1) is 11.3 Å². The summed E-state index contributed by atoms with van der Waals surface area (Å²) in [6.45, 7) is 2.97. The SMILES string of the molecule is COC(=O)C1CCN(C(=O)CCc2csc(NS(=O)(=O)c3ccc(C)cc3)n2)CC1. The van der Waals surface area contributed by atoms with Gasteiger partial charge in [-0.05, 0) is 38.3 Å². The third kappa shape index (κ3) is 5.57. The number of sulfonamides is 1. The monoisotopic (exact) mass is 451 g/mol. The maximum Gasteiger partial charge on any atom is 0.308 e. The van der Waals surface area contributed by atoms with Crippen LogP contribution in [0.5, 0.6) is 0 Å². The number of esters is 1. The van der Waals surface area contributed by atoms with Crippen molar-refractivity contribution >= 4 is 38.4 Å². The largest absolute Gasteiger partial charge is 0.469 e. The van der Waals surface area contributed by atoms with Crippen LogP contribution in [0.25, 0.3) is 0 Å². The number of methoxy groups -OCH3 is 1. The van der Waals surface area contributed by atoms with Crippen LogP contribution in [0.3, 0.4) is 0 Å². The second kappa shape index (κ2) is 9.57. The number of rotatable bonds is 7. The first-order chi connectivity index (χ1) is 14.3. The van der Waals surface area contributed by atoms with Gasteiger partial charge in [-0.2, -0.15) is 0 Å². The number of aromatic nitrogens is 1. The predicted molar refractivity (Wildman–Crippen MR) is 114 cm³/mol. The van der Waals surface area contributed by atoms with Gasteiger partial charge in [0.15, 0.2) is 5.13 Å². The molecule has 162 valence electrons. The summed E-state index contributed by atoms with van der Waals surface area (Å²) in [6, 6.07) is 6.57. The zero-order chi connectivity index (χ0) is 21.7. The summed E-state index contributed by atoms with van der Waals surface area (Å²) < 4.78 is 32.2. The number of likely N-dealkylation sites (tertiary alicyclic amines) is 1. The number of piperidine rings is 1. The van der Waals surface area contributed by atoms with Gasteiger partial charge >= 0.3 is 5.97 Å². The molecule has 1 aliphatic rings. The van der Waals surface area contributed by atoms with E-state index in [1.165, 1.54) is 18.4 Å². The molecule has 8 nitrogen and oxygen atoms in total. The minimum Gasteiger partial charge on any atom is -0.469 e. The maximum atomic E-state index is 12.5. The average Bonchev–Trinajstić information content (AvgIpc) is 3.18. The number of anilines is 1. The standard InChI is InChI=1S/C20H25N3O5S2/c1-14-3-6-17(7-4-14)30(26,27)22-20-21-16(13-29-20)5-8-18(24)23-11-9-15(10-12-23)19(25)28-2/h3-4,6-7,13,15H,5,8-12H2,1-2H3,(H,21,22). The van der Waals surface area contributed by atoms with Crippen molar-refractivity contribution in [3.63, 3.8) is 0 Å². The molecule has 1 N–H and O–H groups in total. The van der Waals surface area contributed by atoms with Gasteiger partial charge in [-0.1, -0.05) is 17.7 Å². The minimum absolute atomic E-state index is 0.00750. The molecule has 1 amide bonds. The fourth-order valence-corrected chi connectivity index (χ4v) is 5.28. The lowest BCUT2D eigenvalue weighted by Crippen LogP contribution is -2.40. The molecule has 0 radical (unpaired) electrons. The van der Waals surface area contributed by atoms with Gasteiger partial charge in [0.25, 0.3) is 10.0 Å². The van der Waals surface area contributed by atoms with Gasteiger partial charge < -0.3 is 9.64 Å². The van der Waals surface area contributed by atoms with E-state index in [1.54, 1.807) is 34.5 Å². The molecular formula is C20H25N3O5S2. The highest BCUT2D eigenvalue weighted by Crippen LogP contribution is 2.22. The number of hydrogen-bond donors (Lipinski definition) is 1. The predicted octanol–water partition coefficient (Wildman–Crippen LogP) is 2.60. The van der Waals surface area contributed by atoms with Crippen molar-refractivity contribution in [2.24, 2.45) is 5.92 Å². The molecule has 0 atom stereocenters. The quantitative estimate of drug-likeness (QED) is 0.649. The van der Waals surface area contributed by atoms with Crippen LogP contribution in [0.1, 0.15) is 30.5 Å². The van der Waals surface area contributed by atoms with Gasteiger partial charge in [0.2, 0.25) is 5.91 Å². The molecule has 0 unspecified atom stereocenters. The Balaban J connectivity index is 1.50. The summed E-state index contributed by atoms with van der Waals surface area (Å²) in [5.74, 6) is -0.347. The molecular weight excluding hydrogens is 426 g/mol. The molecule has 3 rings (SSSR count). The van der Waals surface area contributed by atoms with Crippen molar-refractivity contribution in [2.75, 3.05) is 24.9 Å². The van der Waals surface area contributed by atoms with Crippen molar-refractivity contribution in [3.8, 4) is 0 Å². The summed E-state index contributed by atoms with van der Waals surface area (Å²) >= 11 is 1.19. The van der Waals surface area contributed by atoms with E-state index in [2.05, 4.69) is 9.71 Å². The van der Waals surface area contributed by atoms with E-state index < -0.39 is 10.0 Å². The summed E-state index contributed by atoms with van der Waals surface area (Å²) in [7, 11) is -2.32. The average molecular weight is 452 g/mol. The Hall–Kier alpha value is -2.46. The highest BCUT2D eigenvalue weighted by Gasteiger charge is 2.27. The highest BCUT2D eigenvalue weighted by molar-refractivity contribution is 7.93. The third-order valence-electron chi connectivity index (χ3n) is 5.08. The van der Waals surface area contributed by atoms with Crippen LogP contribution >= 0.6 is 11.3 Å². The molecule has 1 fully saturated rings. The van der Waals surface area contributed by atoms with E-state index in [0.717, 1.165) is 5.56 Å². The van der Waals surface area contributed by atoms with Crippen molar-refractivity contribution < 1.29 is 22.7 Å². The normalized spacial score (nSPS) is 15.1.